The Morgan fingerprint density at radius 2 is 2.29 bits per heavy atom. The average Bonchev–Trinajstić information content (AvgIpc) is 2.86. The van der Waals surface area contributed by atoms with Gasteiger partial charge in [-0.3, -0.25) is 4.79 Å². The van der Waals surface area contributed by atoms with Crippen LogP contribution >= 0.6 is 11.3 Å². The molecule has 1 aliphatic rings. The van der Waals surface area contributed by atoms with Crippen LogP contribution in [0.3, 0.4) is 0 Å². The molecule has 17 heavy (non-hydrogen) atoms. The van der Waals surface area contributed by atoms with Gasteiger partial charge in [-0.1, -0.05) is 6.42 Å². The molecule has 4 heteroatoms. The summed E-state index contributed by atoms with van der Waals surface area (Å²) in [6.45, 7) is 4.77. The minimum Gasteiger partial charge on any atom is -0.348 e. The standard InChI is InChI=1S/C13H20N2OS/c1-8-6-12(17-9(8)2)13(16)15-11-5-3-4-10(11)7-14/h6,10-11H,3-5,7,14H2,1-2H3,(H,15,16). The van der Waals surface area contributed by atoms with E-state index in [9.17, 15) is 4.79 Å². The Kier molecular flexibility index (Phi) is 3.84. The third kappa shape index (κ3) is 2.69. The molecule has 3 N–H and O–H groups in total. The molecule has 1 aliphatic carbocycles. The highest BCUT2D eigenvalue weighted by molar-refractivity contribution is 7.14. The first-order valence-electron chi connectivity index (χ1n) is 6.19. The maximum absolute atomic E-state index is 12.1. The highest BCUT2D eigenvalue weighted by Crippen LogP contribution is 2.26. The molecule has 2 unspecified atom stereocenters. The lowest BCUT2D eigenvalue weighted by molar-refractivity contribution is 0.0933. The zero-order chi connectivity index (χ0) is 12.4. The van der Waals surface area contributed by atoms with E-state index in [1.165, 1.54) is 16.9 Å². The summed E-state index contributed by atoms with van der Waals surface area (Å²) in [5, 5.41) is 3.13. The second-order valence-corrected chi connectivity index (χ2v) is 6.11. The third-order valence-corrected chi connectivity index (χ3v) is 4.82. The van der Waals surface area contributed by atoms with E-state index in [4.69, 9.17) is 5.73 Å². The average molecular weight is 252 g/mol. The molecule has 0 aliphatic heterocycles. The summed E-state index contributed by atoms with van der Waals surface area (Å²) < 4.78 is 0. The van der Waals surface area contributed by atoms with Crippen molar-refractivity contribution in [2.24, 2.45) is 11.7 Å². The minimum absolute atomic E-state index is 0.0662. The van der Waals surface area contributed by atoms with E-state index >= 15 is 0 Å². The molecule has 2 atom stereocenters. The van der Waals surface area contributed by atoms with Gasteiger partial charge in [0.2, 0.25) is 0 Å². The molecule has 1 heterocycles. The Balaban J connectivity index is 2.01. The van der Waals surface area contributed by atoms with Gasteiger partial charge in [0.1, 0.15) is 0 Å². The number of thiophene rings is 1. The summed E-state index contributed by atoms with van der Waals surface area (Å²) >= 11 is 1.57. The van der Waals surface area contributed by atoms with Crippen LogP contribution in [-0.2, 0) is 0 Å². The lowest BCUT2D eigenvalue weighted by atomic mass is 10.0. The highest BCUT2D eigenvalue weighted by Gasteiger charge is 2.27. The van der Waals surface area contributed by atoms with E-state index in [-0.39, 0.29) is 11.9 Å². The van der Waals surface area contributed by atoms with Crippen LogP contribution < -0.4 is 11.1 Å². The molecule has 1 saturated carbocycles. The van der Waals surface area contributed by atoms with Crippen LogP contribution in [0.2, 0.25) is 0 Å². The number of nitrogens with two attached hydrogens (primary N) is 1. The largest absolute Gasteiger partial charge is 0.348 e. The van der Waals surface area contributed by atoms with Crippen molar-refractivity contribution < 1.29 is 4.79 Å². The number of hydrogen-bond donors (Lipinski definition) is 2. The molecule has 3 nitrogen and oxygen atoms in total. The molecule has 94 valence electrons. The zero-order valence-electron chi connectivity index (χ0n) is 10.5. The summed E-state index contributed by atoms with van der Waals surface area (Å²) in [6, 6.07) is 2.25. The van der Waals surface area contributed by atoms with Gasteiger partial charge in [-0.2, -0.15) is 0 Å². The van der Waals surface area contributed by atoms with Gasteiger partial charge in [0.25, 0.3) is 5.91 Å². The molecule has 0 aromatic carbocycles. The fourth-order valence-electron chi connectivity index (χ4n) is 2.43. The molecule has 1 aromatic heterocycles. The lowest BCUT2D eigenvalue weighted by Crippen LogP contribution is -2.39. The second kappa shape index (κ2) is 5.19. The Morgan fingerprint density at radius 1 is 1.53 bits per heavy atom. The van der Waals surface area contributed by atoms with Crippen molar-refractivity contribution in [3.05, 3.63) is 21.4 Å². The summed E-state index contributed by atoms with van der Waals surface area (Å²) in [5.41, 5.74) is 6.91. The normalized spacial score (nSPS) is 23.9. The van der Waals surface area contributed by atoms with Crippen LogP contribution in [0.25, 0.3) is 0 Å². The molecule has 1 fully saturated rings. The SMILES string of the molecule is Cc1cc(C(=O)NC2CCCC2CN)sc1C. The van der Waals surface area contributed by atoms with Crippen LogP contribution in [0.15, 0.2) is 6.07 Å². The van der Waals surface area contributed by atoms with Gasteiger partial charge in [0.15, 0.2) is 0 Å². The van der Waals surface area contributed by atoms with Gasteiger partial charge in [-0.05, 0) is 50.8 Å². The van der Waals surface area contributed by atoms with Gasteiger partial charge >= 0.3 is 0 Å². The number of amides is 1. The quantitative estimate of drug-likeness (QED) is 0.866. The molecule has 1 amide bonds. The summed E-state index contributed by atoms with van der Waals surface area (Å²) in [6.07, 6.45) is 3.39. The molecule has 0 radical (unpaired) electrons. The maximum Gasteiger partial charge on any atom is 0.261 e. The van der Waals surface area contributed by atoms with Crippen molar-refractivity contribution in [2.75, 3.05) is 6.54 Å². The van der Waals surface area contributed by atoms with Crippen molar-refractivity contribution in [1.29, 1.82) is 0 Å². The number of rotatable bonds is 3. The van der Waals surface area contributed by atoms with Crippen molar-refractivity contribution >= 4 is 17.2 Å². The number of hydrogen-bond acceptors (Lipinski definition) is 3. The van der Waals surface area contributed by atoms with Gasteiger partial charge in [-0.25, -0.2) is 0 Å². The predicted molar refractivity (Wildman–Crippen MR) is 71.4 cm³/mol. The lowest BCUT2D eigenvalue weighted by Gasteiger charge is -2.18. The molecule has 0 saturated heterocycles. The Hall–Kier alpha value is -0.870. The smallest absolute Gasteiger partial charge is 0.261 e. The molecular weight excluding hydrogens is 232 g/mol. The molecular formula is C13H20N2OS. The first-order chi connectivity index (χ1) is 8.11. The second-order valence-electron chi connectivity index (χ2n) is 4.86. The predicted octanol–water partition coefficient (Wildman–Crippen LogP) is 2.22. The van der Waals surface area contributed by atoms with Crippen molar-refractivity contribution in [2.45, 2.75) is 39.2 Å². The van der Waals surface area contributed by atoms with Crippen LogP contribution in [0.5, 0.6) is 0 Å². The van der Waals surface area contributed by atoms with E-state index in [0.717, 1.165) is 17.7 Å². The van der Waals surface area contributed by atoms with Gasteiger partial charge in [0.05, 0.1) is 4.88 Å². The van der Waals surface area contributed by atoms with E-state index in [0.29, 0.717) is 12.5 Å². The number of carbonyl (C=O) groups excluding carboxylic acids is 1. The van der Waals surface area contributed by atoms with E-state index in [1.807, 2.05) is 13.0 Å². The van der Waals surface area contributed by atoms with Crippen LogP contribution in [-0.4, -0.2) is 18.5 Å². The number of nitrogens with one attached hydrogen (secondary N) is 1. The minimum atomic E-state index is 0.0662. The fraction of sp³-hybridized carbons (Fsp3) is 0.615. The van der Waals surface area contributed by atoms with E-state index in [1.54, 1.807) is 11.3 Å². The summed E-state index contributed by atoms with van der Waals surface area (Å²) in [7, 11) is 0. The van der Waals surface area contributed by atoms with E-state index in [2.05, 4.69) is 12.2 Å². The topological polar surface area (TPSA) is 55.1 Å². The van der Waals surface area contributed by atoms with Crippen molar-refractivity contribution in [3.8, 4) is 0 Å². The zero-order valence-corrected chi connectivity index (χ0v) is 11.3. The van der Waals surface area contributed by atoms with Gasteiger partial charge < -0.3 is 11.1 Å². The van der Waals surface area contributed by atoms with Gasteiger partial charge in [-0.15, -0.1) is 11.3 Å². The number of aryl methyl sites for hydroxylation is 2. The van der Waals surface area contributed by atoms with Crippen molar-refractivity contribution in [3.63, 3.8) is 0 Å². The van der Waals surface area contributed by atoms with Crippen LogP contribution in [0, 0.1) is 19.8 Å². The molecule has 0 bridgehead atoms. The molecule has 0 spiro atoms. The van der Waals surface area contributed by atoms with Crippen LogP contribution in [0.4, 0.5) is 0 Å². The van der Waals surface area contributed by atoms with Gasteiger partial charge in [0, 0.05) is 10.9 Å². The summed E-state index contributed by atoms with van der Waals surface area (Å²) in [5.74, 6) is 0.526. The molecule has 2 rings (SSSR count). The third-order valence-electron chi connectivity index (χ3n) is 3.67. The Morgan fingerprint density at radius 3 is 2.88 bits per heavy atom. The molecule has 1 aromatic rings. The van der Waals surface area contributed by atoms with Crippen molar-refractivity contribution in [1.82, 2.24) is 5.32 Å². The van der Waals surface area contributed by atoms with Crippen LogP contribution in [0.1, 0.15) is 39.4 Å². The summed E-state index contributed by atoms with van der Waals surface area (Å²) in [4.78, 5) is 14.1. The van der Waals surface area contributed by atoms with E-state index < -0.39 is 0 Å². The number of carbonyl (C=O) groups is 1. The maximum atomic E-state index is 12.1. The highest BCUT2D eigenvalue weighted by atomic mass is 32.1. The first kappa shape index (κ1) is 12.6. The fourth-order valence-corrected chi connectivity index (χ4v) is 3.37. The Bertz CT molecular complexity index is 394. The first-order valence-corrected chi connectivity index (χ1v) is 7.01. The monoisotopic (exact) mass is 252 g/mol. The Labute approximate surface area is 106 Å².